The standard InChI is InChI=1S/C16H18FN3O2/c1-11-9-15(21)20(2)10-14(11)19-16(22)18-8-7-12-5-3-4-6-13(12)17/h3-6,9-10H,7-8H2,1-2H3,(H2,18,19,22). The minimum Gasteiger partial charge on any atom is -0.338 e. The molecule has 1 aromatic carbocycles. The molecule has 1 aromatic heterocycles. The molecule has 5 nitrogen and oxygen atoms in total. The van der Waals surface area contributed by atoms with Crippen molar-refractivity contribution in [3.63, 3.8) is 0 Å². The van der Waals surface area contributed by atoms with Gasteiger partial charge in [-0.05, 0) is 30.5 Å². The first-order valence-electron chi connectivity index (χ1n) is 6.93. The maximum absolute atomic E-state index is 13.4. The van der Waals surface area contributed by atoms with Gasteiger partial charge in [0.05, 0.1) is 5.69 Å². The third-order valence-electron chi connectivity index (χ3n) is 3.32. The number of aryl methyl sites for hydroxylation is 2. The average Bonchev–Trinajstić information content (AvgIpc) is 2.47. The van der Waals surface area contributed by atoms with Crippen molar-refractivity contribution < 1.29 is 9.18 Å². The highest BCUT2D eigenvalue weighted by atomic mass is 19.1. The Labute approximate surface area is 127 Å². The molecule has 0 fully saturated rings. The fourth-order valence-electron chi connectivity index (χ4n) is 2.03. The molecule has 2 N–H and O–H groups in total. The molecular formula is C16H18FN3O2. The summed E-state index contributed by atoms with van der Waals surface area (Å²) in [4.78, 5) is 23.3. The summed E-state index contributed by atoms with van der Waals surface area (Å²) >= 11 is 0. The Morgan fingerprint density at radius 3 is 2.77 bits per heavy atom. The van der Waals surface area contributed by atoms with Crippen LogP contribution >= 0.6 is 0 Å². The van der Waals surface area contributed by atoms with Crippen molar-refractivity contribution in [3.8, 4) is 0 Å². The van der Waals surface area contributed by atoms with E-state index in [1.807, 2.05) is 0 Å². The van der Waals surface area contributed by atoms with Crippen LogP contribution in [-0.4, -0.2) is 17.1 Å². The van der Waals surface area contributed by atoms with Gasteiger partial charge in [-0.2, -0.15) is 0 Å². The van der Waals surface area contributed by atoms with Gasteiger partial charge >= 0.3 is 6.03 Å². The lowest BCUT2D eigenvalue weighted by Crippen LogP contribution is -2.31. The molecule has 0 saturated heterocycles. The van der Waals surface area contributed by atoms with Gasteiger partial charge in [-0.15, -0.1) is 0 Å². The molecule has 116 valence electrons. The van der Waals surface area contributed by atoms with Crippen LogP contribution in [0.5, 0.6) is 0 Å². The van der Waals surface area contributed by atoms with E-state index in [4.69, 9.17) is 0 Å². The van der Waals surface area contributed by atoms with Crippen molar-refractivity contribution in [2.75, 3.05) is 11.9 Å². The Hall–Kier alpha value is -2.63. The molecule has 2 aromatic rings. The van der Waals surface area contributed by atoms with Gasteiger partial charge in [-0.1, -0.05) is 18.2 Å². The SMILES string of the molecule is Cc1cc(=O)n(C)cc1NC(=O)NCCc1ccccc1F. The number of hydrogen-bond acceptors (Lipinski definition) is 2. The van der Waals surface area contributed by atoms with Gasteiger partial charge in [0.2, 0.25) is 0 Å². The van der Waals surface area contributed by atoms with Crippen molar-refractivity contribution in [1.29, 1.82) is 0 Å². The second-order valence-electron chi connectivity index (χ2n) is 5.04. The molecule has 1 heterocycles. The van der Waals surface area contributed by atoms with E-state index in [9.17, 15) is 14.0 Å². The van der Waals surface area contributed by atoms with E-state index in [1.54, 1.807) is 38.4 Å². The Balaban J connectivity index is 1.90. The number of benzene rings is 1. The fraction of sp³-hybridized carbons (Fsp3) is 0.250. The number of pyridine rings is 1. The number of nitrogens with zero attached hydrogens (tertiary/aromatic N) is 1. The molecule has 6 heteroatoms. The van der Waals surface area contributed by atoms with Crippen LogP contribution in [0.4, 0.5) is 14.9 Å². The van der Waals surface area contributed by atoms with Gasteiger partial charge in [-0.25, -0.2) is 9.18 Å². The topological polar surface area (TPSA) is 63.1 Å². The van der Waals surface area contributed by atoms with Crippen LogP contribution in [0.1, 0.15) is 11.1 Å². The number of nitrogens with one attached hydrogen (secondary N) is 2. The largest absolute Gasteiger partial charge is 0.338 e. The Kier molecular flexibility index (Phi) is 4.93. The van der Waals surface area contributed by atoms with Gasteiger partial charge in [0.15, 0.2) is 0 Å². The summed E-state index contributed by atoms with van der Waals surface area (Å²) in [7, 11) is 1.61. The molecule has 0 spiro atoms. The van der Waals surface area contributed by atoms with Crippen molar-refractivity contribution in [1.82, 2.24) is 9.88 Å². The summed E-state index contributed by atoms with van der Waals surface area (Å²) in [5, 5.41) is 5.34. The predicted molar refractivity (Wildman–Crippen MR) is 83.5 cm³/mol. The van der Waals surface area contributed by atoms with Gasteiger partial charge in [0.25, 0.3) is 5.56 Å². The smallest absolute Gasteiger partial charge is 0.319 e. The maximum atomic E-state index is 13.4. The molecule has 0 radical (unpaired) electrons. The first-order valence-corrected chi connectivity index (χ1v) is 6.93. The molecule has 0 aliphatic heterocycles. The third kappa shape index (κ3) is 3.94. The lowest BCUT2D eigenvalue weighted by atomic mass is 10.1. The lowest BCUT2D eigenvalue weighted by molar-refractivity contribution is 0.252. The molecule has 0 atom stereocenters. The summed E-state index contributed by atoms with van der Waals surface area (Å²) in [6, 6.07) is 7.52. The molecule has 0 unspecified atom stereocenters. The summed E-state index contributed by atoms with van der Waals surface area (Å²) in [6.45, 7) is 2.06. The molecule has 0 aliphatic rings. The number of anilines is 1. The van der Waals surface area contributed by atoms with E-state index in [0.29, 0.717) is 29.8 Å². The molecule has 22 heavy (non-hydrogen) atoms. The molecule has 0 bridgehead atoms. The van der Waals surface area contributed by atoms with Crippen molar-refractivity contribution in [2.24, 2.45) is 7.05 Å². The number of rotatable bonds is 4. The fourth-order valence-corrected chi connectivity index (χ4v) is 2.03. The molecule has 0 saturated carbocycles. The number of carbonyl (C=O) groups excluding carboxylic acids is 1. The third-order valence-corrected chi connectivity index (χ3v) is 3.32. The van der Waals surface area contributed by atoms with Crippen LogP contribution in [0.25, 0.3) is 0 Å². The molecule has 2 amide bonds. The van der Waals surface area contributed by atoms with Gasteiger partial charge < -0.3 is 15.2 Å². The minimum atomic E-state index is -0.391. The zero-order chi connectivity index (χ0) is 16.1. The second kappa shape index (κ2) is 6.89. The number of hydrogen-bond donors (Lipinski definition) is 2. The predicted octanol–water partition coefficient (Wildman–Crippen LogP) is 2.20. The van der Waals surface area contributed by atoms with Gasteiger partial charge in [0, 0.05) is 25.9 Å². The Bertz CT molecular complexity index is 740. The van der Waals surface area contributed by atoms with E-state index in [-0.39, 0.29) is 11.4 Å². The highest BCUT2D eigenvalue weighted by Gasteiger charge is 2.06. The number of urea groups is 1. The summed E-state index contributed by atoms with van der Waals surface area (Å²) < 4.78 is 14.8. The van der Waals surface area contributed by atoms with Gasteiger partial charge in [-0.3, -0.25) is 4.79 Å². The lowest BCUT2D eigenvalue weighted by Gasteiger charge is -2.11. The number of aromatic nitrogens is 1. The highest BCUT2D eigenvalue weighted by molar-refractivity contribution is 5.89. The Morgan fingerprint density at radius 1 is 1.32 bits per heavy atom. The quantitative estimate of drug-likeness (QED) is 0.909. The van der Waals surface area contributed by atoms with Crippen LogP contribution in [-0.2, 0) is 13.5 Å². The van der Waals surface area contributed by atoms with Crippen LogP contribution in [0.2, 0.25) is 0 Å². The van der Waals surface area contributed by atoms with Gasteiger partial charge in [0.1, 0.15) is 5.82 Å². The van der Waals surface area contributed by atoms with Crippen molar-refractivity contribution in [2.45, 2.75) is 13.3 Å². The summed E-state index contributed by atoms with van der Waals surface area (Å²) in [6.07, 6.45) is 1.97. The molecule has 0 aliphatic carbocycles. The van der Waals surface area contributed by atoms with E-state index >= 15 is 0 Å². The highest BCUT2D eigenvalue weighted by Crippen LogP contribution is 2.10. The normalized spacial score (nSPS) is 10.3. The number of halogens is 1. The van der Waals surface area contributed by atoms with Crippen LogP contribution in [0, 0.1) is 12.7 Å². The summed E-state index contributed by atoms with van der Waals surface area (Å²) in [5.74, 6) is -0.279. The minimum absolute atomic E-state index is 0.136. The first-order chi connectivity index (χ1) is 10.5. The van der Waals surface area contributed by atoms with Crippen molar-refractivity contribution in [3.05, 3.63) is 63.8 Å². The average molecular weight is 303 g/mol. The monoisotopic (exact) mass is 303 g/mol. The Morgan fingerprint density at radius 2 is 2.05 bits per heavy atom. The molecule has 2 rings (SSSR count). The number of amides is 2. The number of carbonyl (C=O) groups is 1. The van der Waals surface area contributed by atoms with Crippen molar-refractivity contribution >= 4 is 11.7 Å². The van der Waals surface area contributed by atoms with Crippen LogP contribution in [0.3, 0.4) is 0 Å². The van der Waals surface area contributed by atoms with E-state index in [2.05, 4.69) is 10.6 Å². The zero-order valence-corrected chi connectivity index (χ0v) is 12.5. The maximum Gasteiger partial charge on any atom is 0.319 e. The van der Waals surface area contributed by atoms with E-state index in [0.717, 1.165) is 0 Å². The zero-order valence-electron chi connectivity index (χ0n) is 12.5. The summed E-state index contributed by atoms with van der Waals surface area (Å²) in [5.41, 5.74) is 1.67. The second-order valence-corrected chi connectivity index (χ2v) is 5.04. The first kappa shape index (κ1) is 15.8. The van der Waals surface area contributed by atoms with E-state index in [1.165, 1.54) is 16.7 Å². The van der Waals surface area contributed by atoms with Crippen LogP contribution < -0.4 is 16.2 Å². The van der Waals surface area contributed by atoms with E-state index < -0.39 is 6.03 Å². The molecular weight excluding hydrogens is 285 g/mol. The van der Waals surface area contributed by atoms with Crippen LogP contribution in [0.15, 0.2) is 41.3 Å².